The molecule has 17 heavy (non-hydrogen) atoms. The average molecular weight is 244 g/mol. The fourth-order valence-electron chi connectivity index (χ4n) is 1.52. The van der Waals surface area contributed by atoms with E-state index in [4.69, 9.17) is 10.8 Å². The van der Waals surface area contributed by atoms with E-state index in [2.05, 4.69) is 5.32 Å². The van der Waals surface area contributed by atoms with Crippen molar-refractivity contribution in [3.63, 3.8) is 0 Å². The summed E-state index contributed by atoms with van der Waals surface area (Å²) < 4.78 is 0. The minimum atomic E-state index is -0.892. The zero-order chi connectivity index (χ0) is 13.4. The van der Waals surface area contributed by atoms with Crippen molar-refractivity contribution in [1.82, 2.24) is 5.32 Å². The van der Waals surface area contributed by atoms with Crippen molar-refractivity contribution in [3.05, 3.63) is 0 Å². The third kappa shape index (κ3) is 7.74. The second kappa shape index (κ2) is 8.06. The topological polar surface area (TPSA) is 92.4 Å². The van der Waals surface area contributed by atoms with Crippen LogP contribution in [0.2, 0.25) is 0 Å². The molecule has 0 aromatic carbocycles. The van der Waals surface area contributed by atoms with E-state index in [1.807, 2.05) is 20.8 Å². The molecule has 5 heteroatoms. The number of nitrogens with two attached hydrogens (primary N) is 1. The number of rotatable bonds is 8. The Labute approximate surface area is 103 Å². The largest absolute Gasteiger partial charge is 0.481 e. The monoisotopic (exact) mass is 244 g/mol. The number of amides is 1. The number of hydrogen-bond donors (Lipinski definition) is 3. The summed E-state index contributed by atoms with van der Waals surface area (Å²) in [5, 5.41) is 11.5. The minimum absolute atomic E-state index is 0.0313. The van der Waals surface area contributed by atoms with E-state index in [9.17, 15) is 9.59 Å². The van der Waals surface area contributed by atoms with E-state index >= 15 is 0 Å². The SMILES string of the molecule is CCCC(CC(=O)O)NC(=O)CC(N)C(C)C. The molecule has 0 aliphatic carbocycles. The van der Waals surface area contributed by atoms with Gasteiger partial charge in [-0.1, -0.05) is 27.2 Å². The van der Waals surface area contributed by atoms with Crippen LogP contribution in [0, 0.1) is 5.92 Å². The van der Waals surface area contributed by atoms with Crippen LogP contribution in [-0.4, -0.2) is 29.1 Å². The zero-order valence-electron chi connectivity index (χ0n) is 10.9. The van der Waals surface area contributed by atoms with E-state index in [1.165, 1.54) is 0 Å². The third-order valence-corrected chi connectivity index (χ3v) is 2.70. The normalized spacial score (nSPS) is 14.4. The van der Waals surface area contributed by atoms with Crippen molar-refractivity contribution >= 4 is 11.9 Å². The Morgan fingerprint density at radius 3 is 2.29 bits per heavy atom. The molecule has 2 unspecified atom stereocenters. The predicted molar refractivity (Wildman–Crippen MR) is 66.5 cm³/mol. The van der Waals surface area contributed by atoms with Gasteiger partial charge in [0.2, 0.25) is 5.91 Å². The molecule has 0 saturated carbocycles. The summed E-state index contributed by atoms with van der Waals surface area (Å²) in [6, 6.07) is -0.466. The van der Waals surface area contributed by atoms with Gasteiger partial charge >= 0.3 is 5.97 Å². The predicted octanol–water partition coefficient (Wildman–Crippen LogP) is 1.12. The lowest BCUT2D eigenvalue weighted by molar-refractivity contribution is -0.137. The molecular formula is C12H24N2O3. The Bertz CT molecular complexity index is 254. The van der Waals surface area contributed by atoms with Gasteiger partial charge in [0, 0.05) is 18.5 Å². The van der Waals surface area contributed by atoms with Gasteiger partial charge < -0.3 is 16.2 Å². The Morgan fingerprint density at radius 1 is 1.29 bits per heavy atom. The van der Waals surface area contributed by atoms with Crippen molar-refractivity contribution in [2.75, 3.05) is 0 Å². The second-order valence-corrected chi connectivity index (χ2v) is 4.76. The molecule has 0 heterocycles. The molecule has 100 valence electrons. The van der Waals surface area contributed by atoms with Crippen molar-refractivity contribution in [3.8, 4) is 0 Å². The van der Waals surface area contributed by atoms with E-state index < -0.39 is 5.97 Å². The lowest BCUT2D eigenvalue weighted by atomic mass is 10.0. The van der Waals surface area contributed by atoms with Crippen LogP contribution in [0.3, 0.4) is 0 Å². The van der Waals surface area contributed by atoms with Gasteiger partial charge in [0.05, 0.1) is 6.42 Å². The van der Waals surface area contributed by atoms with Crippen LogP contribution in [0.5, 0.6) is 0 Å². The molecule has 5 nitrogen and oxygen atoms in total. The zero-order valence-corrected chi connectivity index (χ0v) is 10.9. The van der Waals surface area contributed by atoms with Crippen molar-refractivity contribution in [2.45, 2.75) is 58.5 Å². The summed E-state index contributed by atoms with van der Waals surface area (Å²) in [7, 11) is 0. The van der Waals surface area contributed by atoms with Crippen LogP contribution in [0.1, 0.15) is 46.5 Å². The number of aliphatic carboxylic acids is 1. The second-order valence-electron chi connectivity index (χ2n) is 4.76. The van der Waals surface area contributed by atoms with Crippen LogP contribution in [0.25, 0.3) is 0 Å². The molecular weight excluding hydrogens is 220 g/mol. The Balaban J connectivity index is 4.15. The van der Waals surface area contributed by atoms with Crippen LogP contribution < -0.4 is 11.1 Å². The van der Waals surface area contributed by atoms with Gasteiger partial charge in [0.15, 0.2) is 0 Å². The van der Waals surface area contributed by atoms with E-state index in [-0.39, 0.29) is 36.8 Å². The van der Waals surface area contributed by atoms with Gasteiger partial charge in [-0.05, 0) is 12.3 Å². The van der Waals surface area contributed by atoms with Crippen LogP contribution in [0.4, 0.5) is 0 Å². The van der Waals surface area contributed by atoms with Gasteiger partial charge in [-0.2, -0.15) is 0 Å². The van der Waals surface area contributed by atoms with Crippen LogP contribution in [-0.2, 0) is 9.59 Å². The number of carbonyl (C=O) groups excluding carboxylic acids is 1. The number of nitrogens with one attached hydrogen (secondary N) is 1. The third-order valence-electron chi connectivity index (χ3n) is 2.70. The molecule has 0 bridgehead atoms. The summed E-state index contributed by atoms with van der Waals surface area (Å²) in [5.41, 5.74) is 5.79. The first-order valence-electron chi connectivity index (χ1n) is 6.13. The maximum atomic E-state index is 11.6. The maximum absolute atomic E-state index is 11.6. The lowest BCUT2D eigenvalue weighted by Gasteiger charge is -2.19. The fourth-order valence-corrected chi connectivity index (χ4v) is 1.52. The summed E-state index contributed by atoms with van der Waals surface area (Å²) in [5.74, 6) is -0.812. The summed E-state index contributed by atoms with van der Waals surface area (Å²) >= 11 is 0. The highest BCUT2D eigenvalue weighted by Gasteiger charge is 2.18. The first kappa shape index (κ1) is 15.9. The lowest BCUT2D eigenvalue weighted by Crippen LogP contribution is -2.40. The van der Waals surface area contributed by atoms with Crippen molar-refractivity contribution in [2.24, 2.45) is 11.7 Å². The molecule has 0 aliphatic heterocycles. The summed E-state index contributed by atoms with van der Waals surface area (Å²) in [6.07, 6.45) is 1.73. The number of hydrogen-bond acceptors (Lipinski definition) is 3. The molecule has 2 atom stereocenters. The van der Waals surface area contributed by atoms with Gasteiger partial charge in [-0.25, -0.2) is 0 Å². The van der Waals surface area contributed by atoms with E-state index in [0.717, 1.165) is 6.42 Å². The summed E-state index contributed by atoms with van der Waals surface area (Å²) in [6.45, 7) is 5.87. The van der Waals surface area contributed by atoms with Crippen LogP contribution in [0.15, 0.2) is 0 Å². The van der Waals surface area contributed by atoms with Crippen LogP contribution >= 0.6 is 0 Å². The number of carboxylic acid groups (broad SMARTS) is 1. The molecule has 1 amide bonds. The first-order chi connectivity index (χ1) is 7.86. The summed E-state index contributed by atoms with van der Waals surface area (Å²) in [4.78, 5) is 22.3. The molecule has 0 saturated heterocycles. The quantitative estimate of drug-likeness (QED) is 0.596. The molecule has 0 radical (unpaired) electrons. The molecule has 0 aromatic heterocycles. The van der Waals surface area contributed by atoms with Gasteiger partial charge in [0.25, 0.3) is 0 Å². The first-order valence-corrected chi connectivity index (χ1v) is 6.13. The molecule has 4 N–H and O–H groups in total. The molecule has 0 spiro atoms. The maximum Gasteiger partial charge on any atom is 0.305 e. The van der Waals surface area contributed by atoms with Crippen molar-refractivity contribution in [1.29, 1.82) is 0 Å². The van der Waals surface area contributed by atoms with E-state index in [0.29, 0.717) is 6.42 Å². The number of carbonyl (C=O) groups is 2. The molecule has 0 fully saturated rings. The highest BCUT2D eigenvalue weighted by atomic mass is 16.4. The van der Waals surface area contributed by atoms with Gasteiger partial charge in [0.1, 0.15) is 0 Å². The smallest absolute Gasteiger partial charge is 0.305 e. The number of carboxylic acids is 1. The van der Waals surface area contributed by atoms with Crippen molar-refractivity contribution < 1.29 is 14.7 Å². The molecule has 0 aromatic rings. The highest BCUT2D eigenvalue weighted by Crippen LogP contribution is 2.06. The van der Waals surface area contributed by atoms with E-state index in [1.54, 1.807) is 0 Å². The average Bonchev–Trinajstić information content (AvgIpc) is 2.16. The molecule has 0 aliphatic rings. The Morgan fingerprint density at radius 2 is 1.88 bits per heavy atom. The fraction of sp³-hybridized carbons (Fsp3) is 0.833. The highest BCUT2D eigenvalue weighted by molar-refractivity contribution is 5.78. The van der Waals surface area contributed by atoms with Gasteiger partial charge in [-0.15, -0.1) is 0 Å². The van der Waals surface area contributed by atoms with Gasteiger partial charge in [-0.3, -0.25) is 9.59 Å². The minimum Gasteiger partial charge on any atom is -0.481 e. The Kier molecular flexibility index (Phi) is 7.54. The molecule has 0 rings (SSSR count). The Hall–Kier alpha value is -1.10. The standard InChI is InChI=1S/C12H24N2O3/c1-4-5-9(6-12(16)17)14-11(15)7-10(13)8(2)3/h8-10H,4-7,13H2,1-3H3,(H,14,15)(H,16,17).